The van der Waals surface area contributed by atoms with E-state index in [0.717, 1.165) is 24.5 Å². The summed E-state index contributed by atoms with van der Waals surface area (Å²) >= 11 is 0. The largest absolute Gasteiger partial charge is 0.416 e. The zero-order valence-corrected chi connectivity index (χ0v) is 20.2. The fourth-order valence-corrected chi connectivity index (χ4v) is 4.87. The number of aryl methyl sites for hydroxylation is 1. The van der Waals surface area contributed by atoms with Crippen molar-refractivity contribution in [3.63, 3.8) is 0 Å². The van der Waals surface area contributed by atoms with Crippen molar-refractivity contribution >= 4 is 0 Å². The summed E-state index contributed by atoms with van der Waals surface area (Å²) in [4.78, 5) is 0. The molecule has 0 bridgehead atoms. The molecule has 3 aromatic rings. The van der Waals surface area contributed by atoms with Crippen molar-refractivity contribution in [2.45, 2.75) is 50.0 Å². The smallest absolute Gasteiger partial charge is 0.382 e. The van der Waals surface area contributed by atoms with Gasteiger partial charge in [-0.1, -0.05) is 42.0 Å². The van der Waals surface area contributed by atoms with Gasteiger partial charge in [0.25, 0.3) is 0 Å². The number of nitrogens with one attached hydrogen (secondary N) is 1. The average molecular weight is 489 g/mol. The van der Waals surface area contributed by atoms with E-state index in [1.807, 2.05) is 22.8 Å². The van der Waals surface area contributed by atoms with Crippen molar-refractivity contribution in [2.75, 3.05) is 26.9 Å². The summed E-state index contributed by atoms with van der Waals surface area (Å²) < 4.78 is 53.9. The number of halogens is 3. The Morgan fingerprint density at radius 1 is 1.06 bits per heavy atom. The molecule has 3 atom stereocenters. The van der Waals surface area contributed by atoms with E-state index in [-0.39, 0.29) is 5.54 Å². The van der Waals surface area contributed by atoms with Crippen molar-refractivity contribution in [2.24, 2.45) is 0 Å². The van der Waals surface area contributed by atoms with Gasteiger partial charge >= 0.3 is 6.18 Å². The van der Waals surface area contributed by atoms with Gasteiger partial charge in [-0.25, -0.2) is 0 Å². The number of aromatic nitrogens is 3. The number of rotatable bonds is 8. The second kappa shape index (κ2) is 10.1. The molecule has 1 aliphatic rings. The van der Waals surface area contributed by atoms with Crippen molar-refractivity contribution in [3.8, 4) is 0 Å². The van der Waals surface area contributed by atoms with Crippen LogP contribution < -0.4 is 5.32 Å². The SMILES string of the molecule is COC[C@@]1(n2cnnc2)CC[C@@](CO[C@H](C)c2cc(C)cc(C(F)(F)F)c2)(c2ccccc2)NC1. The molecule has 1 N–H and O–H groups in total. The summed E-state index contributed by atoms with van der Waals surface area (Å²) in [5, 5.41) is 11.6. The molecule has 9 heteroatoms. The first kappa shape index (κ1) is 25.3. The number of methoxy groups -OCH3 is 1. The van der Waals surface area contributed by atoms with Gasteiger partial charge < -0.3 is 19.4 Å². The van der Waals surface area contributed by atoms with Gasteiger partial charge in [-0.2, -0.15) is 13.2 Å². The van der Waals surface area contributed by atoms with Gasteiger partial charge in [-0.3, -0.25) is 0 Å². The van der Waals surface area contributed by atoms with Crippen LogP contribution >= 0.6 is 0 Å². The lowest BCUT2D eigenvalue weighted by Crippen LogP contribution is -2.60. The average Bonchev–Trinajstić information content (AvgIpc) is 3.39. The van der Waals surface area contributed by atoms with Crippen LogP contribution in [0.3, 0.4) is 0 Å². The summed E-state index contributed by atoms with van der Waals surface area (Å²) in [7, 11) is 1.67. The lowest BCUT2D eigenvalue weighted by molar-refractivity contribution is -0.137. The van der Waals surface area contributed by atoms with Crippen LogP contribution in [0.15, 0.2) is 61.2 Å². The maximum atomic E-state index is 13.4. The minimum Gasteiger partial charge on any atom is -0.382 e. The second-order valence-corrected chi connectivity index (χ2v) is 9.41. The predicted octanol–water partition coefficient (Wildman–Crippen LogP) is 5.00. The highest BCUT2D eigenvalue weighted by atomic mass is 19.4. The molecule has 1 aliphatic heterocycles. The highest BCUT2D eigenvalue weighted by Crippen LogP contribution is 2.39. The standard InChI is InChI=1S/C26H31F3N4O2/c1-19-11-21(13-23(12-19)26(27,28)29)20(2)35-16-25(22-7-5-4-6-8-22)10-9-24(14-30-25,15-34-3)33-17-31-32-18-33/h4-8,11-13,17-18,20,30H,9-10,14-16H2,1-3H3/t20-,24-,25-/m1/s1. The Balaban J connectivity index is 1.57. The van der Waals surface area contributed by atoms with Gasteiger partial charge in [0.05, 0.1) is 36.0 Å². The predicted molar refractivity (Wildman–Crippen MR) is 126 cm³/mol. The molecule has 35 heavy (non-hydrogen) atoms. The van der Waals surface area contributed by atoms with E-state index >= 15 is 0 Å². The van der Waals surface area contributed by atoms with Crippen LogP contribution in [0.4, 0.5) is 13.2 Å². The third-order valence-electron chi connectivity index (χ3n) is 6.95. The Morgan fingerprint density at radius 3 is 2.37 bits per heavy atom. The van der Waals surface area contributed by atoms with E-state index < -0.39 is 23.4 Å². The van der Waals surface area contributed by atoms with Gasteiger partial charge in [0.1, 0.15) is 12.7 Å². The van der Waals surface area contributed by atoms with Gasteiger partial charge in [0.2, 0.25) is 0 Å². The van der Waals surface area contributed by atoms with Crippen LogP contribution in [0, 0.1) is 6.92 Å². The Kier molecular flexibility index (Phi) is 7.30. The third kappa shape index (κ3) is 5.42. The molecular weight excluding hydrogens is 457 g/mol. The van der Waals surface area contributed by atoms with Crippen LogP contribution in [-0.2, 0) is 26.7 Å². The summed E-state index contributed by atoms with van der Waals surface area (Å²) in [6, 6.07) is 14.1. The van der Waals surface area contributed by atoms with Crippen LogP contribution in [-0.4, -0.2) is 41.6 Å². The molecule has 1 fully saturated rings. The third-order valence-corrected chi connectivity index (χ3v) is 6.95. The maximum absolute atomic E-state index is 13.4. The Hall–Kier alpha value is -2.75. The van der Waals surface area contributed by atoms with Gasteiger partial charge in [0, 0.05) is 13.7 Å². The zero-order valence-electron chi connectivity index (χ0n) is 20.2. The molecule has 4 rings (SSSR count). The molecule has 0 amide bonds. The second-order valence-electron chi connectivity index (χ2n) is 9.41. The molecule has 1 saturated heterocycles. The zero-order chi connectivity index (χ0) is 25.1. The van der Waals surface area contributed by atoms with E-state index in [4.69, 9.17) is 9.47 Å². The molecule has 0 unspecified atom stereocenters. The van der Waals surface area contributed by atoms with Gasteiger partial charge in [-0.05, 0) is 49.9 Å². The first-order valence-electron chi connectivity index (χ1n) is 11.6. The minimum atomic E-state index is -4.40. The van der Waals surface area contributed by atoms with Crippen LogP contribution in [0.2, 0.25) is 0 Å². The van der Waals surface area contributed by atoms with Gasteiger partial charge in [0.15, 0.2) is 0 Å². The highest BCUT2D eigenvalue weighted by molar-refractivity contribution is 5.32. The first-order chi connectivity index (χ1) is 16.7. The Labute approximate surface area is 203 Å². The number of hydrogen-bond acceptors (Lipinski definition) is 5. The number of hydrogen-bond donors (Lipinski definition) is 1. The van der Waals surface area contributed by atoms with E-state index in [2.05, 4.69) is 27.6 Å². The van der Waals surface area contributed by atoms with Crippen LogP contribution in [0.5, 0.6) is 0 Å². The van der Waals surface area contributed by atoms with Crippen molar-refractivity contribution in [3.05, 3.63) is 83.4 Å². The molecule has 0 aliphatic carbocycles. The molecule has 188 valence electrons. The Bertz CT molecular complexity index is 1100. The minimum absolute atomic E-state index is 0.304. The highest BCUT2D eigenvalue weighted by Gasteiger charge is 2.45. The quantitative estimate of drug-likeness (QED) is 0.483. The first-order valence-corrected chi connectivity index (χ1v) is 11.6. The molecule has 0 spiro atoms. The lowest BCUT2D eigenvalue weighted by atomic mass is 9.76. The topological polar surface area (TPSA) is 61.2 Å². The summed E-state index contributed by atoms with van der Waals surface area (Å²) in [6.45, 7) is 4.85. The van der Waals surface area contributed by atoms with Gasteiger partial charge in [-0.15, -0.1) is 10.2 Å². The molecule has 0 radical (unpaired) electrons. The molecule has 0 saturated carbocycles. The van der Waals surface area contributed by atoms with E-state index in [0.29, 0.717) is 30.9 Å². The molecule has 6 nitrogen and oxygen atoms in total. The number of nitrogens with zero attached hydrogens (tertiary/aromatic N) is 3. The maximum Gasteiger partial charge on any atom is 0.416 e. The number of piperidine rings is 1. The van der Waals surface area contributed by atoms with E-state index in [1.165, 1.54) is 6.07 Å². The normalized spacial score (nSPS) is 23.8. The summed E-state index contributed by atoms with van der Waals surface area (Å²) in [5.74, 6) is 0. The van der Waals surface area contributed by atoms with Crippen molar-refractivity contribution in [1.29, 1.82) is 0 Å². The number of ether oxygens (including phenoxy) is 2. The molecular formula is C26H31F3N4O2. The number of benzene rings is 2. The fourth-order valence-electron chi connectivity index (χ4n) is 4.87. The van der Waals surface area contributed by atoms with Crippen LogP contribution in [0.1, 0.15) is 48.1 Å². The summed E-state index contributed by atoms with van der Waals surface area (Å²) in [5.41, 5.74) is 0.626. The summed E-state index contributed by atoms with van der Waals surface area (Å²) in [6.07, 6.45) is -0.00506. The fraction of sp³-hybridized carbons (Fsp3) is 0.462. The monoisotopic (exact) mass is 488 g/mol. The van der Waals surface area contributed by atoms with E-state index in [9.17, 15) is 13.2 Å². The lowest BCUT2D eigenvalue weighted by Gasteiger charge is -2.48. The number of alkyl halides is 3. The van der Waals surface area contributed by atoms with E-state index in [1.54, 1.807) is 39.7 Å². The Morgan fingerprint density at radius 2 is 1.77 bits per heavy atom. The molecule has 1 aromatic heterocycles. The molecule has 2 aromatic carbocycles. The van der Waals surface area contributed by atoms with Crippen LogP contribution in [0.25, 0.3) is 0 Å². The molecule has 2 heterocycles. The van der Waals surface area contributed by atoms with Crippen molar-refractivity contribution < 1.29 is 22.6 Å². The van der Waals surface area contributed by atoms with Crippen molar-refractivity contribution in [1.82, 2.24) is 20.1 Å².